The van der Waals surface area contributed by atoms with Crippen molar-refractivity contribution in [3.63, 3.8) is 0 Å². The van der Waals surface area contributed by atoms with Crippen molar-refractivity contribution in [1.29, 1.82) is 0 Å². The van der Waals surface area contributed by atoms with Gasteiger partial charge in [-0.2, -0.15) is 4.98 Å². The fourth-order valence-corrected chi connectivity index (χ4v) is 1.70. The van der Waals surface area contributed by atoms with Crippen LogP contribution in [0.2, 0.25) is 0 Å². The predicted molar refractivity (Wildman–Crippen MR) is 44.0 cm³/mol. The lowest BCUT2D eigenvalue weighted by Gasteiger charge is -2.12. The Labute approximate surface area is 79.9 Å². The molecule has 2 rings (SSSR count). The van der Waals surface area contributed by atoms with Crippen molar-refractivity contribution >= 4 is 0 Å². The van der Waals surface area contributed by atoms with Crippen LogP contribution in [0.4, 0.5) is 8.78 Å². The molecule has 0 amide bonds. The van der Waals surface area contributed by atoms with Gasteiger partial charge in [0.1, 0.15) is 0 Å². The minimum Gasteiger partial charge on any atom is -0.338 e. The Balaban J connectivity index is 2.20. The first kappa shape index (κ1) is 9.51. The zero-order valence-electron chi connectivity index (χ0n) is 8.00. The topological polar surface area (TPSA) is 42.2 Å². The second-order valence-corrected chi connectivity index (χ2v) is 3.67. The Morgan fingerprint density at radius 2 is 2.29 bits per heavy atom. The molecule has 1 fully saturated rings. The quantitative estimate of drug-likeness (QED) is 0.691. The molecule has 1 aliphatic heterocycles. The molecule has 78 valence electrons. The molecule has 1 aromatic rings. The van der Waals surface area contributed by atoms with Gasteiger partial charge >= 0.3 is 0 Å². The van der Waals surface area contributed by atoms with E-state index in [1.165, 1.54) is 4.90 Å². The molecule has 1 atom stereocenters. The highest BCUT2D eigenvalue weighted by Gasteiger charge is 2.46. The molecule has 1 aliphatic rings. The minimum atomic E-state index is -2.65. The van der Waals surface area contributed by atoms with Gasteiger partial charge in [0, 0.05) is 6.42 Å². The number of rotatable bonds is 1. The Kier molecular flexibility index (Phi) is 2.02. The van der Waals surface area contributed by atoms with E-state index in [1.807, 2.05) is 0 Å². The van der Waals surface area contributed by atoms with Gasteiger partial charge in [-0.1, -0.05) is 5.16 Å². The van der Waals surface area contributed by atoms with Gasteiger partial charge in [-0.05, 0) is 14.0 Å². The SMILES string of the molecule is Cc1noc(C2CC(F)(F)CN2C)n1. The molecule has 1 saturated heterocycles. The zero-order chi connectivity index (χ0) is 10.3. The van der Waals surface area contributed by atoms with E-state index in [0.29, 0.717) is 5.82 Å². The van der Waals surface area contributed by atoms with E-state index < -0.39 is 12.0 Å². The Morgan fingerprint density at radius 3 is 2.71 bits per heavy atom. The lowest BCUT2D eigenvalue weighted by molar-refractivity contribution is 0.0138. The van der Waals surface area contributed by atoms with Gasteiger partial charge in [0.2, 0.25) is 5.89 Å². The minimum absolute atomic E-state index is 0.245. The van der Waals surface area contributed by atoms with Crippen LogP contribution < -0.4 is 0 Å². The predicted octanol–water partition coefficient (Wildman–Crippen LogP) is 1.39. The van der Waals surface area contributed by atoms with Gasteiger partial charge in [0.25, 0.3) is 5.92 Å². The summed E-state index contributed by atoms with van der Waals surface area (Å²) in [6.07, 6.45) is -0.245. The number of halogens is 2. The Morgan fingerprint density at radius 1 is 1.57 bits per heavy atom. The van der Waals surface area contributed by atoms with E-state index in [4.69, 9.17) is 4.52 Å². The maximum Gasteiger partial charge on any atom is 0.262 e. The molecule has 0 saturated carbocycles. The van der Waals surface area contributed by atoms with Crippen LogP contribution >= 0.6 is 0 Å². The summed E-state index contributed by atoms with van der Waals surface area (Å²) in [5, 5.41) is 3.59. The maximum atomic E-state index is 13.0. The molecule has 1 unspecified atom stereocenters. The standard InChI is InChI=1S/C8H11F2N3O/c1-5-11-7(14-12-5)6-3-8(9,10)4-13(6)2/h6H,3-4H2,1-2H3. The fourth-order valence-electron chi connectivity index (χ4n) is 1.70. The number of nitrogens with zero attached hydrogens (tertiary/aromatic N) is 3. The molecule has 1 aromatic heterocycles. The summed E-state index contributed by atoms with van der Waals surface area (Å²) in [7, 11) is 1.63. The van der Waals surface area contributed by atoms with E-state index in [-0.39, 0.29) is 18.9 Å². The van der Waals surface area contributed by atoms with Crippen LogP contribution in [-0.2, 0) is 0 Å². The highest BCUT2D eigenvalue weighted by Crippen LogP contribution is 2.38. The van der Waals surface area contributed by atoms with Gasteiger partial charge in [0.15, 0.2) is 5.82 Å². The number of hydrogen-bond acceptors (Lipinski definition) is 4. The molecule has 0 N–H and O–H groups in total. The lowest BCUT2D eigenvalue weighted by atomic mass is 10.2. The third-order valence-electron chi connectivity index (χ3n) is 2.33. The molecular formula is C8H11F2N3O. The molecule has 0 aromatic carbocycles. The smallest absolute Gasteiger partial charge is 0.262 e. The van der Waals surface area contributed by atoms with Crippen LogP contribution in [0.15, 0.2) is 4.52 Å². The van der Waals surface area contributed by atoms with E-state index >= 15 is 0 Å². The van der Waals surface area contributed by atoms with Gasteiger partial charge in [-0.15, -0.1) is 0 Å². The largest absolute Gasteiger partial charge is 0.338 e. The molecule has 0 radical (unpaired) electrons. The normalized spacial score (nSPS) is 27.0. The van der Waals surface area contributed by atoms with Crippen LogP contribution in [0.3, 0.4) is 0 Å². The average molecular weight is 203 g/mol. The number of aryl methyl sites for hydroxylation is 1. The molecule has 0 spiro atoms. The first-order chi connectivity index (χ1) is 6.48. The summed E-state index contributed by atoms with van der Waals surface area (Å²) in [5.74, 6) is -1.90. The van der Waals surface area contributed by atoms with Gasteiger partial charge in [-0.3, -0.25) is 4.90 Å². The second kappa shape index (κ2) is 2.98. The van der Waals surface area contributed by atoms with E-state index in [2.05, 4.69) is 10.1 Å². The van der Waals surface area contributed by atoms with Crippen LogP contribution in [0, 0.1) is 6.92 Å². The fraction of sp³-hybridized carbons (Fsp3) is 0.750. The monoisotopic (exact) mass is 203 g/mol. The number of aromatic nitrogens is 2. The third-order valence-corrected chi connectivity index (χ3v) is 2.33. The number of likely N-dealkylation sites (tertiary alicyclic amines) is 1. The first-order valence-electron chi connectivity index (χ1n) is 4.36. The molecule has 2 heterocycles. The van der Waals surface area contributed by atoms with Gasteiger partial charge in [-0.25, -0.2) is 8.78 Å². The highest BCUT2D eigenvalue weighted by atomic mass is 19.3. The Hall–Kier alpha value is -1.04. The third kappa shape index (κ3) is 1.61. The Bertz CT molecular complexity index is 339. The summed E-state index contributed by atoms with van der Waals surface area (Å²) in [6.45, 7) is 1.42. The van der Waals surface area contributed by atoms with Crippen molar-refractivity contribution in [2.45, 2.75) is 25.3 Å². The van der Waals surface area contributed by atoms with Crippen molar-refractivity contribution in [2.24, 2.45) is 0 Å². The summed E-state index contributed by atoms with van der Waals surface area (Å²) >= 11 is 0. The lowest BCUT2D eigenvalue weighted by Crippen LogP contribution is -2.22. The number of hydrogen-bond donors (Lipinski definition) is 0. The first-order valence-corrected chi connectivity index (χ1v) is 4.36. The molecule has 0 aliphatic carbocycles. The second-order valence-electron chi connectivity index (χ2n) is 3.67. The summed E-state index contributed by atoms with van der Waals surface area (Å²) in [4.78, 5) is 5.49. The highest BCUT2D eigenvalue weighted by molar-refractivity contribution is 4.99. The molecule has 14 heavy (non-hydrogen) atoms. The van der Waals surface area contributed by atoms with Crippen molar-refractivity contribution in [3.8, 4) is 0 Å². The molecule has 0 bridgehead atoms. The summed E-state index contributed by atoms with van der Waals surface area (Å²) in [6, 6.07) is -0.453. The van der Waals surface area contributed by atoms with Crippen molar-refractivity contribution in [1.82, 2.24) is 15.0 Å². The van der Waals surface area contributed by atoms with Crippen molar-refractivity contribution in [2.75, 3.05) is 13.6 Å². The van der Waals surface area contributed by atoms with Crippen molar-refractivity contribution in [3.05, 3.63) is 11.7 Å². The summed E-state index contributed by atoms with van der Waals surface area (Å²) < 4.78 is 30.9. The van der Waals surface area contributed by atoms with E-state index in [1.54, 1.807) is 14.0 Å². The van der Waals surface area contributed by atoms with E-state index in [9.17, 15) is 8.78 Å². The molecule has 6 heteroatoms. The van der Waals surface area contributed by atoms with Crippen LogP contribution in [0.1, 0.15) is 24.2 Å². The van der Waals surface area contributed by atoms with Gasteiger partial charge in [0.05, 0.1) is 12.6 Å². The van der Waals surface area contributed by atoms with Crippen LogP contribution in [-0.4, -0.2) is 34.6 Å². The zero-order valence-corrected chi connectivity index (χ0v) is 8.00. The molecular weight excluding hydrogens is 192 g/mol. The average Bonchev–Trinajstić information content (AvgIpc) is 2.55. The number of alkyl halides is 2. The maximum absolute atomic E-state index is 13.0. The van der Waals surface area contributed by atoms with Crippen LogP contribution in [0.5, 0.6) is 0 Å². The van der Waals surface area contributed by atoms with Gasteiger partial charge < -0.3 is 4.52 Å². The van der Waals surface area contributed by atoms with Crippen LogP contribution in [0.25, 0.3) is 0 Å². The molecule has 4 nitrogen and oxygen atoms in total. The van der Waals surface area contributed by atoms with E-state index in [0.717, 1.165) is 0 Å². The van der Waals surface area contributed by atoms with Crippen molar-refractivity contribution < 1.29 is 13.3 Å². The summed E-state index contributed by atoms with van der Waals surface area (Å²) in [5.41, 5.74) is 0.